The number of anilines is 6. The Morgan fingerprint density at radius 1 is 0.301 bits per heavy atom. The fraction of sp³-hybridized carbons (Fsp3) is 0.0435. The molecule has 0 bridgehead atoms. The van der Waals surface area contributed by atoms with Gasteiger partial charge < -0.3 is 19.3 Å². The van der Waals surface area contributed by atoms with Gasteiger partial charge >= 0.3 is 0 Å². The van der Waals surface area contributed by atoms with Crippen LogP contribution in [0.5, 0.6) is 23.0 Å². The Balaban J connectivity index is 1.04. The Kier molecular flexibility index (Phi) is 8.97. The van der Waals surface area contributed by atoms with Gasteiger partial charge in [0.15, 0.2) is 23.0 Å². The molecule has 4 heteroatoms. The van der Waals surface area contributed by atoms with E-state index in [-0.39, 0.29) is 5.41 Å². The molecule has 344 valence electrons. The fourth-order valence-electron chi connectivity index (χ4n) is 12.1. The molecule has 1 aliphatic carbocycles. The number of rotatable bonds is 5. The van der Waals surface area contributed by atoms with Crippen LogP contribution in [0.15, 0.2) is 243 Å². The highest BCUT2D eigenvalue weighted by molar-refractivity contribution is 6.23. The van der Waals surface area contributed by atoms with Gasteiger partial charge in [0.2, 0.25) is 0 Å². The van der Waals surface area contributed by atoms with Crippen LogP contribution >= 0.6 is 0 Å². The number of hydrogen-bond acceptors (Lipinski definition) is 4. The van der Waals surface area contributed by atoms with Crippen LogP contribution in [0.3, 0.4) is 0 Å². The van der Waals surface area contributed by atoms with Gasteiger partial charge in [-0.2, -0.15) is 0 Å². The van der Waals surface area contributed by atoms with Crippen molar-refractivity contribution < 1.29 is 9.47 Å². The van der Waals surface area contributed by atoms with Crippen molar-refractivity contribution in [3.05, 3.63) is 254 Å². The smallest absolute Gasteiger partial charge is 0.151 e. The molecule has 2 aliphatic heterocycles. The van der Waals surface area contributed by atoms with E-state index in [1.54, 1.807) is 0 Å². The van der Waals surface area contributed by atoms with E-state index in [1.165, 1.54) is 82.4 Å². The molecule has 12 aromatic carbocycles. The van der Waals surface area contributed by atoms with Crippen molar-refractivity contribution in [2.24, 2.45) is 0 Å². The lowest BCUT2D eigenvalue weighted by Gasteiger charge is -2.33. The molecule has 0 saturated carbocycles. The van der Waals surface area contributed by atoms with Crippen LogP contribution in [0.2, 0.25) is 0 Å². The predicted octanol–water partition coefficient (Wildman–Crippen LogP) is 19.6. The summed E-state index contributed by atoms with van der Waals surface area (Å²) >= 11 is 0. The van der Waals surface area contributed by atoms with Crippen LogP contribution < -0.4 is 19.3 Å². The molecule has 0 aromatic heterocycles. The second-order valence-corrected chi connectivity index (χ2v) is 20.0. The first-order valence-corrected chi connectivity index (χ1v) is 25.1. The molecule has 73 heavy (non-hydrogen) atoms. The van der Waals surface area contributed by atoms with Crippen molar-refractivity contribution in [1.82, 2.24) is 0 Å². The van der Waals surface area contributed by atoms with E-state index in [2.05, 4.69) is 242 Å². The van der Waals surface area contributed by atoms with E-state index in [1.807, 2.05) is 24.3 Å². The van der Waals surface area contributed by atoms with Crippen LogP contribution in [0.25, 0.3) is 76.8 Å². The zero-order valence-corrected chi connectivity index (χ0v) is 40.3. The normalized spacial score (nSPS) is 13.6. The lowest BCUT2D eigenvalue weighted by atomic mass is 9.80. The maximum absolute atomic E-state index is 6.55. The van der Waals surface area contributed by atoms with Gasteiger partial charge in [0.25, 0.3) is 0 Å². The Morgan fingerprint density at radius 3 is 1.27 bits per heavy atom. The van der Waals surface area contributed by atoms with Gasteiger partial charge in [0.1, 0.15) is 0 Å². The molecule has 12 aromatic rings. The Morgan fingerprint density at radius 2 is 0.726 bits per heavy atom. The Labute approximate surface area is 424 Å². The van der Waals surface area contributed by atoms with Crippen LogP contribution in [-0.2, 0) is 5.41 Å². The van der Waals surface area contributed by atoms with E-state index >= 15 is 0 Å². The Hall–Kier alpha value is -9.38. The molecule has 4 nitrogen and oxygen atoms in total. The SMILES string of the molecule is CC1(C)c2ccccc2-c2ccc(-c3c4ccc(N5c6ccccc6Oc6ccccc65)cc4c(-c4ccc5cc(-c6ccccc6)ccc5c4)c4ccc(N5c6ccccc6Oc6ccccc65)cc34)cc21. The summed E-state index contributed by atoms with van der Waals surface area (Å²) in [6.45, 7) is 4.75. The van der Waals surface area contributed by atoms with E-state index in [0.717, 1.165) is 62.7 Å². The van der Waals surface area contributed by atoms with Crippen molar-refractivity contribution in [3.8, 4) is 67.5 Å². The molecule has 0 amide bonds. The summed E-state index contributed by atoms with van der Waals surface area (Å²) in [5, 5.41) is 7.07. The minimum Gasteiger partial charge on any atom is -0.453 e. The fourth-order valence-corrected chi connectivity index (χ4v) is 12.1. The van der Waals surface area contributed by atoms with Crippen LogP contribution in [0, 0.1) is 0 Å². The third-order valence-corrected chi connectivity index (χ3v) is 15.6. The third kappa shape index (κ3) is 6.33. The van der Waals surface area contributed by atoms with E-state index in [9.17, 15) is 0 Å². The van der Waals surface area contributed by atoms with Crippen molar-refractivity contribution in [3.63, 3.8) is 0 Å². The molecule has 0 saturated heterocycles. The van der Waals surface area contributed by atoms with Crippen LogP contribution in [0.4, 0.5) is 34.1 Å². The quantitative estimate of drug-likeness (QED) is 0.161. The number of ether oxygens (including phenoxy) is 2. The van der Waals surface area contributed by atoms with Gasteiger partial charge in [-0.1, -0.05) is 166 Å². The first-order valence-electron chi connectivity index (χ1n) is 25.1. The minimum absolute atomic E-state index is 0.185. The second-order valence-electron chi connectivity index (χ2n) is 20.0. The van der Waals surface area contributed by atoms with Gasteiger partial charge in [-0.25, -0.2) is 0 Å². The van der Waals surface area contributed by atoms with Gasteiger partial charge in [0.05, 0.1) is 22.7 Å². The largest absolute Gasteiger partial charge is 0.453 e. The monoisotopic (exact) mass is 934 g/mol. The maximum Gasteiger partial charge on any atom is 0.151 e. The summed E-state index contributed by atoms with van der Waals surface area (Å²) < 4.78 is 13.1. The van der Waals surface area contributed by atoms with Gasteiger partial charge in [-0.3, -0.25) is 0 Å². The number of hydrogen-bond donors (Lipinski definition) is 0. The van der Waals surface area contributed by atoms with E-state index in [4.69, 9.17) is 9.47 Å². The second kappa shape index (κ2) is 15.8. The molecule has 0 radical (unpaired) electrons. The summed E-state index contributed by atoms with van der Waals surface area (Å²) in [7, 11) is 0. The Bertz CT molecular complexity index is 4180. The van der Waals surface area contributed by atoms with Gasteiger partial charge in [-0.15, -0.1) is 0 Å². The molecular formula is C69H46N2O2. The highest BCUT2D eigenvalue weighted by Gasteiger charge is 2.36. The summed E-state index contributed by atoms with van der Waals surface area (Å²) in [5.74, 6) is 3.30. The van der Waals surface area contributed by atoms with Crippen molar-refractivity contribution in [1.29, 1.82) is 0 Å². The molecular weight excluding hydrogens is 889 g/mol. The molecule has 3 aliphatic rings. The standard InChI is InChI=1S/C69H46N2O2/c1-69(2)57-19-7-6-18-51(57)52-35-32-48(40-58(52)69)68-54-37-34-49(70-59-20-8-12-24-63(59)72-64-25-13-9-21-60(64)70)41-55(54)67(47-31-30-45-38-44(28-29-46(45)39-47)43-16-4-3-5-17-43)53-36-33-50(42-56(53)68)71-61-22-10-14-26-65(61)73-66-27-15-11-23-62(66)71/h3-42H,1-2H3. The highest BCUT2D eigenvalue weighted by Crippen LogP contribution is 2.56. The minimum atomic E-state index is -0.185. The third-order valence-electron chi connectivity index (χ3n) is 15.6. The number of para-hydroxylation sites is 8. The van der Waals surface area contributed by atoms with Crippen molar-refractivity contribution in [2.45, 2.75) is 19.3 Å². The lowest BCUT2D eigenvalue weighted by Crippen LogP contribution is -2.16. The van der Waals surface area contributed by atoms with Gasteiger partial charge in [-0.05, 0) is 179 Å². The molecule has 0 fully saturated rings. The highest BCUT2D eigenvalue weighted by atomic mass is 16.5. The summed E-state index contributed by atoms with van der Waals surface area (Å²) in [6, 6.07) is 88.3. The maximum atomic E-state index is 6.55. The molecule has 0 spiro atoms. The molecule has 0 atom stereocenters. The molecule has 0 N–H and O–H groups in total. The summed E-state index contributed by atoms with van der Waals surface area (Å²) in [6.07, 6.45) is 0. The topological polar surface area (TPSA) is 24.9 Å². The zero-order chi connectivity index (χ0) is 48.4. The molecule has 0 unspecified atom stereocenters. The van der Waals surface area contributed by atoms with Crippen molar-refractivity contribution in [2.75, 3.05) is 9.80 Å². The number of fused-ring (bicyclic) bond motifs is 10. The van der Waals surface area contributed by atoms with E-state index < -0.39 is 0 Å². The van der Waals surface area contributed by atoms with Crippen molar-refractivity contribution >= 4 is 66.4 Å². The molecule has 15 rings (SSSR count). The molecule has 2 heterocycles. The average Bonchev–Trinajstić information content (AvgIpc) is 3.67. The summed E-state index contributed by atoms with van der Waals surface area (Å²) in [4.78, 5) is 4.72. The average molecular weight is 935 g/mol. The van der Waals surface area contributed by atoms with Gasteiger partial charge in [0, 0.05) is 16.8 Å². The first-order chi connectivity index (χ1) is 35.9. The number of nitrogens with zero attached hydrogens (tertiary/aromatic N) is 2. The van der Waals surface area contributed by atoms with E-state index in [0.29, 0.717) is 0 Å². The summed E-state index contributed by atoms with van der Waals surface area (Å²) in [5.41, 5.74) is 18.4. The first kappa shape index (κ1) is 41.4. The zero-order valence-electron chi connectivity index (χ0n) is 40.3. The van der Waals surface area contributed by atoms with Crippen LogP contribution in [-0.4, -0.2) is 0 Å². The van der Waals surface area contributed by atoms with Crippen LogP contribution in [0.1, 0.15) is 25.0 Å². The predicted molar refractivity (Wildman–Crippen MR) is 302 cm³/mol. The lowest BCUT2D eigenvalue weighted by molar-refractivity contribution is 0.477. The number of benzene rings is 12.